The number of aryl methyl sites for hydroxylation is 1. The van der Waals surface area contributed by atoms with Crippen LogP contribution in [-0.4, -0.2) is 14.7 Å². The van der Waals surface area contributed by atoms with Gasteiger partial charge in [0.2, 0.25) is 0 Å². The molecule has 0 amide bonds. The van der Waals surface area contributed by atoms with E-state index < -0.39 is 6.10 Å². The molecule has 0 spiro atoms. The van der Waals surface area contributed by atoms with Gasteiger partial charge in [-0.3, -0.25) is 0 Å². The monoisotopic (exact) mass is 274 g/mol. The van der Waals surface area contributed by atoms with Gasteiger partial charge >= 0.3 is 0 Å². The summed E-state index contributed by atoms with van der Waals surface area (Å²) >= 11 is 0. The molecule has 0 fully saturated rings. The number of fused-ring (bicyclic) bond motifs is 1. The predicted molar refractivity (Wildman–Crippen MR) is 83.7 cm³/mol. The number of rotatable bonds is 8. The molecule has 20 heavy (non-hydrogen) atoms. The van der Waals surface area contributed by atoms with E-state index in [1.807, 2.05) is 18.2 Å². The number of hydrogen-bond acceptors (Lipinski definition) is 2. The van der Waals surface area contributed by atoms with Gasteiger partial charge in [0.05, 0.1) is 11.0 Å². The van der Waals surface area contributed by atoms with Crippen LogP contribution in [0.25, 0.3) is 11.0 Å². The van der Waals surface area contributed by atoms with Crippen molar-refractivity contribution in [3.8, 4) is 0 Å². The number of aromatic nitrogens is 2. The molecule has 3 nitrogen and oxygen atoms in total. The summed E-state index contributed by atoms with van der Waals surface area (Å²) in [4.78, 5) is 4.55. The fourth-order valence-corrected chi connectivity index (χ4v) is 2.70. The van der Waals surface area contributed by atoms with Crippen LogP contribution in [0.4, 0.5) is 0 Å². The molecule has 0 saturated carbocycles. The first-order valence-corrected chi connectivity index (χ1v) is 7.87. The van der Waals surface area contributed by atoms with Crippen molar-refractivity contribution in [3.63, 3.8) is 0 Å². The molecule has 1 aromatic heterocycles. The number of unbranched alkanes of at least 4 members (excludes halogenated alkanes) is 5. The third-order valence-corrected chi connectivity index (χ3v) is 3.79. The van der Waals surface area contributed by atoms with Gasteiger partial charge in [-0.25, -0.2) is 4.98 Å². The highest BCUT2D eigenvalue weighted by Gasteiger charge is 2.13. The zero-order chi connectivity index (χ0) is 14.4. The molecule has 0 bridgehead atoms. The summed E-state index contributed by atoms with van der Waals surface area (Å²) in [6.45, 7) is 4.98. The van der Waals surface area contributed by atoms with E-state index in [4.69, 9.17) is 0 Å². The molecule has 1 heterocycles. The first-order chi connectivity index (χ1) is 9.74. The molecule has 0 aliphatic carbocycles. The van der Waals surface area contributed by atoms with Crippen molar-refractivity contribution in [2.75, 3.05) is 0 Å². The molecule has 0 saturated heterocycles. The Morgan fingerprint density at radius 1 is 1.10 bits per heavy atom. The first-order valence-electron chi connectivity index (χ1n) is 7.87. The highest BCUT2D eigenvalue weighted by atomic mass is 16.3. The molecule has 3 heteroatoms. The SMILES string of the molecule is CCCCCCCCn1c([C@H](C)O)nc2ccccc21. The third-order valence-electron chi connectivity index (χ3n) is 3.79. The van der Waals surface area contributed by atoms with Gasteiger partial charge in [-0.1, -0.05) is 51.2 Å². The maximum Gasteiger partial charge on any atom is 0.138 e. The zero-order valence-corrected chi connectivity index (χ0v) is 12.7. The molecular weight excluding hydrogens is 248 g/mol. The normalized spacial score (nSPS) is 12.9. The number of imidazole rings is 1. The van der Waals surface area contributed by atoms with Crippen molar-refractivity contribution in [1.82, 2.24) is 9.55 Å². The highest BCUT2D eigenvalue weighted by Crippen LogP contribution is 2.21. The van der Waals surface area contributed by atoms with Crippen molar-refractivity contribution in [1.29, 1.82) is 0 Å². The Hall–Kier alpha value is -1.35. The van der Waals surface area contributed by atoms with E-state index in [1.54, 1.807) is 6.92 Å². The van der Waals surface area contributed by atoms with Gasteiger partial charge in [-0.15, -0.1) is 0 Å². The summed E-state index contributed by atoms with van der Waals surface area (Å²) in [7, 11) is 0. The van der Waals surface area contributed by atoms with E-state index >= 15 is 0 Å². The number of benzene rings is 1. The molecule has 0 aliphatic heterocycles. The Kier molecular flexibility index (Phi) is 5.60. The third kappa shape index (κ3) is 3.60. The number of aliphatic hydroxyl groups excluding tert-OH is 1. The summed E-state index contributed by atoms with van der Waals surface area (Å²) in [5.41, 5.74) is 2.12. The number of para-hydroxylation sites is 2. The molecule has 0 radical (unpaired) electrons. The maximum atomic E-state index is 9.89. The summed E-state index contributed by atoms with van der Waals surface area (Å²) < 4.78 is 2.18. The van der Waals surface area contributed by atoms with E-state index in [0.29, 0.717) is 0 Å². The smallest absolute Gasteiger partial charge is 0.138 e. The van der Waals surface area contributed by atoms with E-state index in [0.717, 1.165) is 29.8 Å². The van der Waals surface area contributed by atoms with Crippen molar-refractivity contribution in [2.24, 2.45) is 0 Å². The van der Waals surface area contributed by atoms with Crippen LogP contribution < -0.4 is 0 Å². The molecule has 2 aromatic rings. The lowest BCUT2D eigenvalue weighted by Crippen LogP contribution is -2.07. The van der Waals surface area contributed by atoms with Gasteiger partial charge in [0.25, 0.3) is 0 Å². The number of aliphatic hydroxyl groups is 1. The van der Waals surface area contributed by atoms with Gasteiger partial charge < -0.3 is 9.67 Å². The second-order valence-electron chi connectivity index (χ2n) is 5.55. The van der Waals surface area contributed by atoms with Crippen LogP contribution in [-0.2, 0) is 6.54 Å². The van der Waals surface area contributed by atoms with E-state index in [9.17, 15) is 5.11 Å². The first kappa shape index (κ1) is 15.0. The van der Waals surface area contributed by atoms with Gasteiger partial charge in [0.1, 0.15) is 11.9 Å². The standard InChI is InChI=1S/C17H26N2O/c1-3-4-5-6-7-10-13-19-16-12-9-8-11-15(16)18-17(19)14(2)20/h8-9,11-12,14,20H,3-7,10,13H2,1-2H3/t14-/m0/s1. The van der Waals surface area contributed by atoms with Gasteiger partial charge in [0, 0.05) is 6.54 Å². The predicted octanol–water partition coefficient (Wildman–Crippen LogP) is 4.45. The minimum absolute atomic E-state index is 0.512. The Bertz CT molecular complexity index is 531. The van der Waals surface area contributed by atoms with Crippen molar-refractivity contribution >= 4 is 11.0 Å². The second-order valence-corrected chi connectivity index (χ2v) is 5.55. The average Bonchev–Trinajstić information content (AvgIpc) is 2.82. The van der Waals surface area contributed by atoms with Crippen molar-refractivity contribution in [3.05, 3.63) is 30.1 Å². The lowest BCUT2D eigenvalue weighted by Gasteiger charge is -2.10. The molecule has 2 rings (SSSR count). The Balaban J connectivity index is 2.02. The van der Waals surface area contributed by atoms with Crippen LogP contribution in [0.3, 0.4) is 0 Å². The summed E-state index contributed by atoms with van der Waals surface area (Å²) in [5, 5.41) is 9.89. The van der Waals surface area contributed by atoms with Crippen LogP contribution in [0.2, 0.25) is 0 Å². The fraction of sp³-hybridized carbons (Fsp3) is 0.588. The zero-order valence-electron chi connectivity index (χ0n) is 12.7. The lowest BCUT2D eigenvalue weighted by molar-refractivity contribution is 0.184. The molecule has 0 aliphatic rings. The molecule has 1 aromatic carbocycles. The Morgan fingerprint density at radius 2 is 1.80 bits per heavy atom. The minimum Gasteiger partial charge on any atom is -0.385 e. The van der Waals surface area contributed by atoms with E-state index in [1.165, 1.54) is 32.1 Å². The Morgan fingerprint density at radius 3 is 2.55 bits per heavy atom. The average molecular weight is 274 g/mol. The van der Waals surface area contributed by atoms with Crippen molar-refractivity contribution in [2.45, 2.75) is 65.0 Å². The quantitative estimate of drug-likeness (QED) is 0.722. The van der Waals surface area contributed by atoms with Crippen LogP contribution in [0.15, 0.2) is 24.3 Å². The molecule has 0 unspecified atom stereocenters. The van der Waals surface area contributed by atoms with Crippen LogP contribution in [0.5, 0.6) is 0 Å². The molecular formula is C17H26N2O. The maximum absolute atomic E-state index is 9.89. The minimum atomic E-state index is -0.512. The van der Waals surface area contributed by atoms with Gasteiger partial charge in [-0.2, -0.15) is 0 Å². The largest absolute Gasteiger partial charge is 0.385 e. The lowest BCUT2D eigenvalue weighted by atomic mass is 10.1. The second kappa shape index (κ2) is 7.44. The van der Waals surface area contributed by atoms with Gasteiger partial charge in [0.15, 0.2) is 0 Å². The molecule has 1 atom stereocenters. The van der Waals surface area contributed by atoms with Crippen LogP contribution in [0.1, 0.15) is 64.3 Å². The molecule has 110 valence electrons. The van der Waals surface area contributed by atoms with Crippen LogP contribution in [0, 0.1) is 0 Å². The number of hydrogen-bond donors (Lipinski definition) is 1. The molecule has 1 N–H and O–H groups in total. The summed E-state index contributed by atoms with van der Waals surface area (Å²) in [6, 6.07) is 8.13. The highest BCUT2D eigenvalue weighted by molar-refractivity contribution is 5.75. The summed E-state index contributed by atoms with van der Waals surface area (Å²) in [5.74, 6) is 0.791. The topological polar surface area (TPSA) is 38.0 Å². The Labute approximate surface area is 121 Å². The fourth-order valence-electron chi connectivity index (χ4n) is 2.70. The summed E-state index contributed by atoms with van der Waals surface area (Å²) in [6.07, 6.45) is 7.18. The van der Waals surface area contributed by atoms with E-state index in [2.05, 4.69) is 22.5 Å². The number of nitrogens with zero attached hydrogens (tertiary/aromatic N) is 2. The van der Waals surface area contributed by atoms with Gasteiger partial charge in [-0.05, 0) is 25.5 Å². The van der Waals surface area contributed by atoms with Crippen LogP contribution >= 0.6 is 0 Å². The van der Waals surface area contributed by atoms with Crippen molar-refractivity contribution < 1.29 is 5.11 Å². The van der Waals surface area contributed by atoms with E-state index in [-0.39, 0.29) is 0 Å².